The van der Waals surface area contributed by atoms with Crippen LogP contribution in [0, 0.1) is 17.2 Å². The third kappa shape index (κ3) is 5.57. The van der Waals surface area contributed by atoms with Gasteiger partial charge in [-0.05, 0) is 12.3 Å². The maximum atomic E-state index is 11.8. The van der Waals surface area contributed by atoms with Gasteiger partial charge in [-0.15, -0.1) is 0 Å². The number of amides is 2. The fourth-order valence-electron chi connectivity index (χ4n) is 1.76. The molecule has 0 spiro atoms. The minimum Gasteiger partial charge on any atom is -0.481 e. The van der Waals surface area contributed by atoms with E-state index in [1.807, 2.05) is 13.0 Å². The highest BCUT2D eigenvalue weighted by atomic mass is 16.5. The second-order valence-electron chi connectivity index (χ2n) is 4.66. The van der Waals surface area contributed by atoms with Gasteiger partial charge in [0.15, 0.2) is 6.10 Å². The predicted octanol–water partition coefficient (Wildman–Crippen LogP) is 0.421. The van der Waals surface area contributed by atoms with Crippen LogP contribution in [-0.2, 0) is 9.53 Å². The van der Waals surface area contributed by atoms with E-state index in [0.29, 0.717) is 26.1 Å². The van der Waals surface area contributed by atoms with E-state index >= 15 is 0 Å². The summed E-state index contributed by atoms with van der Waals surface area (Å²) < 4.78 is 5.15. The number of morpholine rings is 1. The first-order chi connectivity index (χ1) is 9.02. The molecule has 0 saturated carbocycles. The molecule has 2 atom stereocenters. The van der Waals surface area contributed by atoms with Crippen molar-refractivity contribution >= 4 is 12.0 Å². The average Bonchev–Trinajstić information content (AvgIpc) is 2.42. The van der Waals surface area contributed by atoms with Crippen molar-refractivity contribution in [3.63, 3.8) is 0 Å². The number of carbonyl (C=O) groups excluding carboxylic acids is 1. The lowest BCUT2D eigenvalue weighted by molar-refractivity contribution is -0.137. The monoisotopic (exact) mass is 269 g/mol. The Bertz CT molecular complexity index is 366. The highest BCUT2D eigenvalue weighted by Crippen LogP contribution is 2.06. The molecule has 0 aliphatic carbocycles. The first-order valence-corrected chi connectivity index (χ1v) is 6.28. The number of carboxylic acids is 1. The largest absolute Gasteiger partial charge is 0.481 e. The fourth-order valence-corrected chi connectivity index (χ4v) is 1.76. The molecule has 1 rings (SSSR count). The van der Waals surface area contributed by atoms with Crippen molar-refractivity contribution in [1.29, 1.82) is 5.26 Å². The van der Waals surface area contributed by atoms with Gasteiger partial charge in [-0.2, -0.15) is 5.26 Å². The maximum Gasteiger partial charge on any atom is 0.317 e. The smallest absolute Gasteiger partial charge is 0.317 e. The molecule has 0 aromatic carbocycles. The van der Waals surface area contributed by atoms with Crippen LogP contribution < -0.4 is 5.32 Å². The molecule has 7 heteroatoms. The van der Waals surface area contributed by atoms with Crippen molar-refractivity contribution < 1.29 is 19.4 Å². The van der Waals surface area contributed by atoms with Crippen molar-refractivity contribution in [3.8, 4) is 6.07 Å². The SMILES string of the molecule is CC(CCC(=O)O)CNC(=O)N1CCOC(C#N)C1. The van der Waals surface area contributed by atoms with Crippen LogP contribution in [0.5, 0.6) is 0 Å². The summed E-state index contributed by atoms with van der Waals surface area (Å²) in [5.74, 6) is -0.726. The number of ether oxygens (including phenoxy) is 1. The Morgan fingerprint density at radius 3 is 3.00 bits per heavy atom. The van der Waals surface area contributed by atoms with Gasteiger partial charge in [-0.3, -0.25) is 4.79 Å². The minimum absolute atomic E-state index is 0.102. The second-order valence-corrected chi connectivity index (χ2v) is 4.66. The zero-order valence-corrected chi connectivity index (χ0v) is 11.0. The van der Waals surface area contributed by atoms with Gasteiger partial charge in [0.1, 0.15) is 0 Å². The maximum absolute atomic E-state index is 11.8. The van der Waals surface area contributed by atoms with Crippen LogP contribution in [0.15, 0.2) is 0 Å². The van der Waals surface area contributed by atoms with E-state index in [0.717, 1.165) is 0 Å². The molecule has 106 valence electrons. The number of hydrogen-bond donors (Lipinski definition) is 2. The zero-order chi connectivity index (χ0) is 14.3. The summed E-state index contributed by atoms with van der Waals surface area (Å²) in [5, 5.41) is 20.1. The number of hydrogen-bond acceptors (Lipinski definition) is 4. The Labute approximate surface area is 112 Å². The van der Waals surface area contributed by atoms with Crippen molar-refractivity contribution in [2.75, 3.05) is 26.2 Å². The first-order valence-electron chi connectivity index (χ1n) is 6.28. The van der Waals surface area contributed by atoms with Crippen LogP contribution >= 0.6 is 0 Å². The topological polar surface area (TPSA) is 103 Å². The summed E-state index contributed by atoms with van der Waals surface area (Å²) in [6, 6.07) is 1.75. The molecule has 1 saturated heterocycles. The molecule has 1 aliphatic rings. The van der Waals surface area contributed by atoms with Gasteiger partial charge in [0, 0.05) is 19.5 Å². The third-order valence-corrected chi connectivity index (χ3v) is 2.95. The van der Waals surface area contributed by atoms with E-state index in [2.05, 4.69) is 5.32 Å². The number of carboxylic acid groups (broad SMARTS) is 1. The summed E-state index contributed by atoms with van der Waals surface area (Å²) in [6.45, 7) is 3.42. The molecule has 0 aromatic heterocycles. The molecule has 7 nitrogen and oxygen atoms in total. The Kier molecular flexibility index (Phi) is 6.09. The van der Waals surface area contributed by atoms with E-state index in [-0.39, 0.29) is 24.9 Å². The van der Waals surface area contributed by atoms with Crippen LogP contribution in [0.1, 0.15) is 19.8 Å². The molecule has 1 heterocycles. The number of nitrogens with one attached hydrogen (secondary N) is 1. The predicted molar refractivity (Wildman–Crippen MR) is 66.4 cm³/mol. The zero-order valence-electron chi connectivity index (χ0n) is 11.0. The molecule has 2 N–H and O–H groups in total. The Hall–Kier alpha value is -1.81. The summed E-state index contributed by atoms with van der Waals surface area (Å²) >= 11 is 0. The molecular weight excluding hydrogens is 250 g/mol. The van der Waals surface area contributed by atoms with E-state index in [1.54, 1.807) is 4.90 Å². The number of nitrogens with zero attached hydrogens (tertiary/aromatic N) is 2. The molecule has 1 fully saturated rings. The van der Waals surface area contributed by atoms with Crippen LogP contribution in [0.3, 0.4) is 0 Å². The lowest BCUT2D eigenvalue weighted by Gasteiger charge is -2.30. The number of aliphatic carboxylic acids is 1. The van der Waals surface area contributed by atoms with Gasteiger partial charge in [0.05, 0.1) is 19.2 Å². The fraction of sp³-hybridized carbons (Fsp3) is 0.750. The van der Waals surface area contributed by atoms with Crippen molar-refractivity contribution in [3.05, 3.63) is 0 Å². The summed E-state index contributed by atoms with van der Waals surface area (Å²) in [7, 11) is 0. The minimum atomic E-state index is -0.830. The van der Waals surface area contributed by atoms with Crippen molar-refractivity contribution in [2.45, 2.75) is 25.9 Å². The average molecular weight is 269 g/mol. The van der Waals surface area contributed by atoms with E-state index in [1.165, 1.54) is 0 Å². The van der Waals surface area contributed by atoms with Crippen LogP contribution in [0.4, 0.5) is 4.79 Å². The molecule has 0 aromatic rings. The number of urea groups is 1. The van der Waals surface area contributed by atoms with Crippen molar-refractivity contribution in [1.82, 2.24) is 10.2 Å². The van der Waals surface area contributed by atoms with Gasteiger partial charge >= 0.3 is 12.0 Å². The summed E-state index contributed by atoms with van der Waals surface area (Å²) in [4.78, 5) is 23.8. The van der Waals surface area contributed by atoms with Gasteiger partial charge in [-0.25, -0.2) is 4.79 Å². The molecule has 19 heavy (non-hydrogen) atoms. The van der Waals surface area contributed by atoms with Crippen LogP contribution in [0.25, 0.3) is 0 Å². The lowest BCUT2D eigenvalue weighted by Crippen LogP contribution is -2.49. The molecule has 2 unspecified atom stereocenters. The molecule has 1 aliphatic heterocycles. The normalized spacial score (nSPS) is 20.4. The van der Waals surface area contributed by atoms with Crippen molar-refractivity contribution in [2.24, 2.45) is 5.92 Å². The Morgan fingerprint density at radius 1 is 1.63 bits per heavy atom. The van der Waals surface area contributed by atoms with E-state index in [9.17, 15) is 9.59 Å². The number of carbonyl (C=O) groups is 2. The highest BCUT2D eigenvalue weighted by Gasteiger charge is 2.23. The molecular formula is C12H19N3O4. The second kappa shape index (κ2) is 7.59. The van der Waals surface area contributed by atoms with Gasteiger partial charge in [0.25, 0.3) is 0 Å². The number of rotatable bonds is 5. The van der Waals surface area contributed by atoms with Gasteiger partial charge in [-0.1, -0.05) is 6.92 Å². The highest BCUT2D eigenvalue weighted by molar-refractivity contribution is 5.74. The van der Waals surface area contributed by atoms with E-state index in [4.69, 9.17) is 15.1 Å². The van der Waals surface area contributed by atoms with Crippen LogP contribution in [-0.4, -0.2) is 54.4 Å². The van der Waals surface area contributed by atoms with Crippen LogP contribution in [0.2, 0.25) is 0 Å². The third-order valence-electron chi connectivity index (χ3n) is 2.95. The Morgan fingerprint density at radius 2 is 2.37 bits per heavy atom. The standard InChI is InChI=1S/C12H19N3O4/c1-9(2-3-11(16)17)7-14-12(18)15-4-5-19-10(6-13)8-15/h9-10H,2-5,7-8H2,1H3,(H,14,18)(H,16,17). The molecule has 2 amide bonds. The lowest BCUT2D eigenvalue weighted by atomic mass is 10.1. The molecule has 0 radical (unpaired) electrons. The number of nitriles is 1. The summed E-state index contributed by atoms with van der Waals surface area (Å²) in [5.41, 5.74) is 0. The van der Waals surface area contributed by atoms with Gasteiger partial charge in [0.2, 0.25) is 0 Å². The Balaban J connectivity index is 2.27. The first kappa shape index (κ1) is 15.2. The quantitative estimate of drug-likeness (QED) is 0.753. The van der Waals surface area contributed by atoms with E-state index < -0.39 is 12.1 Å². The summed E-state index contributed by atoms with van der Waals surface area (Å²) in [6.07, 6.45) is 0.0638. The molecule has 0 bridgehead atoms. The van der Waals surface area contributed by atoms with Gasteiger partial charge < -0.3 is 20.1 Å².